The fourth-order valence-corrected chi connectivity index (χ4v) is 3.66. The topological polar surface area (TPSA) is 32.3 Å². The van der Waals surface area contributed by atoms with Crippen molar-refractivity contribution < 1.29 is 4.79 Å². The summed E-state index contributed by atoms with van der Waals surface area (Å²) in [5.74, 6) is -0.0296. The molecule has 1 heterocycles. The third kappa shape index (κ3) is 3.54. The van der Waals surface area contributed by atoms with E-state index in [1.165, 1.54) is 12.8 Å². The number of halogens is 2. The first-order chi connectivity index (χ1) is 9.61. The van der Waals surface area contributed by atoms with E-state index in [4.69, 9.17) is 11.6 Å². The zero-order chi connectivity index (χ0) is 14.1. The standard InChI is InChI=1S/C15H18BrClN2O/c16-11-7-10(8-12(17)9-11)15(20)18-13-3-5-19(6-4-13)14-1-2-14/h7-9,13-14H,1-6H2,(H,18,20). The molecule has 1 aliphatic heterocycles. The van der Waals surface area contributed by atoms with Crippen LogP contribution in [0.3, 0.4) is 0 Å². The first kappa shape index (κ1) is 14.4. The Hall–Kier alpha value is -0.580. The minimum absolute atomic E-state index is 0.0296. The monoisotopic (exact) mass is 356 g/mol. The Morgan fingerprint density at radius 1 is 1.20 bits per heavy atom. The van der Waals surface area contributed by atoms with Crippen LogP contribution in [0.2, 0.25) is 5.02 Å². The van der Waals surface area contributed by atoms with Gasteiger partial charge in [-0.15, -0.1) is 0 Å². The fraction of sp³-hybridized carbons (Fsp3) is 0.533. The number of rotatable bonds is 3. The maximum absolute atomic E-state index is 12.2. The van der Waals surface area contributed by atoms with E-state index in [-0.39, 0.29) is 11.9 Å². The maximum Gasteiger partial charge on any atom is 0.251 e. The van der Waals surface area contributed by atoms with Crippen LogP contribution in [0.5, 0.6) is 0 Å². The highest BCUT2D eigenvalue weighted by atomic mass is 79.9. The molecule has 0 atom stereocenters. The summed E-state index contributed by atoms with van der Waals surface area (Å²) in [5, 5.41) is 3.70. The first-order valence-electron chi connectivity index (χ1n) is 7.13. The Labute approximate surface area is 132 Å². The molecule has 0 spiro atoms. The summed E-state index contributed by atoms with van der Waals surface area (Å²) < 4.78 is 0.832. The number of piperidine rings is 1. The molecule has 1 N–H and O–H groups in total. The summed E-state index contributed by atoms with van der Waals surface area (Å²) >= 11 is 9.35. The van der Waals surface area contributed by atoms with Gasteiger partial charge in [-0.1, -0.05) is 27.5 Å². The maximum atomic E-state index is 12.2. The Balaban J connectivity index is 1.56. The molecule has 0 aromatic heterocycles. The third-order valence-corrected chi connectivity index (χ3v) is 4.73. The molecule has 0 radical (unpaired) electrons. The second-order valence-electron chi connectivity index (χ2n) is 5.67. The molecule has 3 nitrogen and oxygen atoms in total. The number of hydrogen-bond donors (Lipinski definition) is 1. The molecule has 0 unspecified atom stereocenters. The van der Waals surface area contributed by atoms with Crippen molar-refractivity contribution in [2.75, 3.05) is 13.1 Å². The largest absolute Gasteiger partial charge is 0.349 e. The Bertz CT molecular complexity index is 490. The van der Waals surface area contributed by atoms with E-state index < -0.39 is 0 Å². The number of benzene rings is 1. The van der Waals surface area contributed by atoms with Crippen molar-refractivity contribution in [3.63, 3.8) is 0 Å². The van der Waals surface area contributed by atoms with Crippen LogP contribution in [0.25, 0.3) is 0 Å². The minimum atomic E-state index is -0.0296. The van der Waals surface area contributed by atoms with Crippen molar-refractivity contribution in [1.82, 2.24) is 10.2 Å². The molecule has 20 heavy (non-hydrogen) atoms. The molecule has 5 heteroatoms. The Morgan fingerprint density at radius 2 is 1.90 bits per heavy atom. The van der Waals surface area contributed by atoms with Gasteiger partial charge in [-0.2, -0.15) is 0 Å². The molecule has 2 aliphatic rings. The van der Waals surface area contributed by atoms with Gasteiger partial charge in [-0.25, -0.2) is 0 Å². The number of likely N-dealkylation sites (tertiary alicyclic amines) is 1. The lowest BCUT2D eigenvalue weighted by Crippen LogP contribution is -2.45. The average molecular weight is 358 g/mol. The zero-order valence-corrected chi connectivity index (χ0v) is 13.6. The van der Waals surface area contributed by atoms with Gasteiger partial charge in [-0.05, 0) is 43.9 Å². The number of amides is 1. The number of nitrogens with one attached hydrogen (secondary N) is 1. The molecule has 1 aromatic rings. The van der Waals surface area contributed by atoms with Crippen LogP contribution < -0.4 is 5.32 Å². The van der Waals surface area contributed by atoms with E-state index in [0.29, 0.717) is 10.6 Å². The summed E-state index contributed by atoms with van der Waals surface area (Å²) in [7, 11) is 0. The molecule has 1 saturated carbocycles. The van der Waals surface area contributed by atoms with Gasteiger partial charge in [-0.3, -0.25) is 4.79 Å². The van der Waals surface area contributed by atoms with E-state index in [9.17, 15) is 4.79 Å². The summed E-state index contributed by atoms with van der Waals surface area (Å²) in [6.45, 7) is 2.21. The summed E-state index contributed by atoms with van der Waals surface area (Å²) in [6.07, 6.45) is 4.80. The van der Waals surface area contributed by atoms with Gasteiger partial charge in [0.2, 0.25) is 0 Å². The van der Waals surface area contributed by atoms with E-state index in [1.807, 2.05) is 0 Å². The summed E-state index contributed by atoms with van der Waals surface area (Å²) in [5.41, 5.74) is 0.619. The van der Waals surface area contributed by atoms with Gasteiger partial charge in [0.15, 0.2) is 0 Å². The molecule has 2 fully saturated rings. The second-order valence-corrected chi connectivity index (χ2v) is 7.03. The molecule has 1 saturated heterocycles. The van der Waals surface area contributed by atoms with Crippen LogP contribution in [0.4, 0.5) is 0 Å². The first-order valence-corrected chi connectivity index (χ1v) is 8.30. The molecule has 1 aromatic carbocycles. The molecule has 3 rings (SSSR count). The number of carbonyl (C=O) groups excluding carboxylic acids is 1. The van der Waals surface area contributed by atoms with E-state index in [2.05, 4.69) is 26.1 Å². The van der Waals surface area contributed by atoms with Gasteiger partial charge in [0, 0.05) is 40.2 Å². The number of carbonyl (C=O) groups is 1. The van der Waals surface area contributed by atoms with Crippen LogP contribution in [-0.4, -0.2) is 36.0 Å². The van der Waals surface area contributed by atoms with Crippen molar-refractivity contribution >= 4 is 33.4 Å². The van der Waals surface area contributed by atoms with Gasteiger partial charge < -0.3 is 10.2 Å². The fourth-order valence-electron chi connectivity index (χ4n) is 2.80. The SMILES string of the molecule is O=C(NC1CCN(C2CC2)CC1)c1cc(Cl)cc(Br)c1. The predicted octanol–water partition coefficient (Wildman–Crippen LogP) is 3.46. The van der Waals surface area contributed by atoms with Gasteiger partial charge >= 0.3 is 0 Å². The van der Waals surface area contributed by atoms with E-state index in [0.717, 1.165) is 36.4 Å². The van der Waals surface area contributed by atoms with Crippen LogP contribution in [0.1, 0.15) is 36.0 Å². The highest BCUT2D eigenvalue weighted by molar-refractivity contribution is 9.10. The Kier molecular flexibility index (Phi) is 4.34. The molecule has 0 bridgehead atoms. The lowest BCUT2D eigenvalue weighted by Gasteiger charge is -2.32. The van der Waals surface area contributed by atoms with Crippen LogP contribution in [0.15, 0.2) is 22.7 Å². The van der Waals surface area contributed by atoms with Crippen LogP contribution >= 0.6 is 27.5 Å². The highest BCUT2D eigenvalue weighted by Gasteiger charge is 2.32. The third-order valence-electron chi connectivity index (χ3n) is 4.05. The molecule has 1 aliphatic carbocycles. The summed E-state index contributed by atoms with van der Waals surface area (Å²) in [4.78, 5) is 14.8. The van der Waals surface area contributed by atoms with Crippen molar-refractivity contribution in [2.24, 2.45) is 0 Å². The van der Waals surface area contributed by atoms with E-state index in [1.54, 1.807) is 18.2 Å². The van der Waals surface area contributed by atoms with Gasteiger partial charge in [0.25, 0.3) is 5.91 Å². The van der Waals surface area contributed by atoms with Crippen LogP contribution in [-0.2, 0) is 0 Å². The van der Waals surface area contributed by atoms with Crippen molar-refractivity contribution in [2.45, 2.75) is 37.8 Å². The van der Waals surface area contributed by atoms with Crippen molar-refractivity contribution in [3.05, 3.63) is 33.3 Å². The zero-order valence-electron chi connectivity index (χ0n) is 11.2. The molecular weight excluding hydrogens is 340 g/mol. The minimum Gasteiger partial charge on any atom is -0.349 e. The molecule has 108 valence electrons. The normalized spacial score (nSPS) is 20.9. The molecule has 1 amide bonds. The van der Waals surface area contributed by atoms with Crippen molar-refractivity contribution in [1.29, 1.82) is 0 Å². The average Bonchev–Trinajstić information content (AvgIpc) is 3.23. The highest BCUT2D eigenvalue weighted by Crippen LogP contribution is 2.29. The number of nitrogens with zero attached hydrogens (tertiary/aromatic N) is 1. The summed E-state index contributed by atoms with van der Waals surface area (Å²) in [6, 6.07) is 6.42. The Morgan fingerprint density at radius 3 is 2.50 bits per heavy atom. The van der Waals surface area contributed by atoms with Gasteiger partial charge in [0.05, 0.1) is 0 Å². The lowest BCUT2D eigenvalue weighted by molar-refractivity contribution is 0.0909. The predicted molar refractivity (Wildman–Crippen MR) is 84.2 cm³/mol. The van der Waals surface area contributed by atoms with Crippen LogP contribution in [0, 0.1) is 0 Å². The van der Waals surface area contributed by atoms with Gasteiger partial charge in [0.1, 0.15) is 0 Å². The lowest BCUT2D eigenvalue weighted by atomic mass is 10.0. The number of hydrogen-bond acceptors (Lipinski definition) is 2. The van der Waals surface area contributed by atoms with E-state index >= 15 is 0 Å². The smallest absolute Gasteiger partial charge is 0.251 e. The quantitative estimate of drug-likeness (QED) is 0.898. The van der Waals surface area contributed by atoms with Crippen molar-refractivity contribution in [3.8, 4) is 0 Å². The molecular formula is C15H18BrClN2O. The second kappa shape index (κ2) is 6.04.